The summed E-state index contributed by atoms with van der Waals surface area (Å²) < 4.78 is 4.79. The molecule has 0 aromatic heterocycles. The molecule has 1 aliphatic rings. The van der Waals surface area contributed by atoms with Crippen LogP contribution >= 0.6 is 0 Å². The molecule has 0 amide bonds. The first kappa shape index (κ1) is 6.12. The first-order chi connectivity index (χ1) is 4.29. The smallest absolute Gasteiger partial charge is 0.381 e. The Bertz CT molecular complexity index is 170. The fraction of sp³-hybridized carbons (Fsp3) is 0.500. The van der Waals surface area contributed by atoms with Gasteiger partial charge in [0.2, 0.25) is 0 Å². The summed E-state index contributed by atoms with van der Waals surface area (Å²) in [5.41, 5.74) is 0. The van der Waals surface area contributed by atoms with Crippen molar-refractivity contribution in [1.82, 2.24) is 0 Å². The lowest BCUT2D eigenvalue weighted by atomic mass is 10.3. The van der Waals surface area contributed by atoms with Crippen molar-refractivity contribution >= 4 is 5.97 Å². The molecule has 1 saturated heterocycles. The molecule has 48 valence electrons. The number of carbonyl (C=O) groups is 1. The Kier molecular flexibility index (Phi) is 1.71. The van der Waals surface area contributed by atoms with Crippen molar-refractivity contribution in [3.8, 4) is 11.8 Å². The van der Waals surface area contributed by atoms with Crippen LogP contribution in [-0.4, -0.2) is 23.8 Å². The summed E-state index contributed by atoms with van der Waals surface area (Å²) in [7, 11) is 0. The zero-order valence-electron chi connectivity index (χ0n) is 4.76. The number of carboxylic acids is 1. The fourth-order valence-electron chi connectivity index (χ4n) is 0.426. The minimum absolute atomic E-state index is 0.205. The van der Waals surface area contributed by atoms with E-state index < -0.39 is 5.97 Å². The van der Waals surface area contributed by atoms with E-state index in [2.05, 4.69) is 5.92 Å². The molecule has 0 spiro atoms. The van der Waals surface area contributed by atoms with E-state index in [0.29, 0.717) is 6.42 Å². The lowest BCUT2D eigenvalue weighted by Gasteiger charge is -1.74. The van der Waals surface area contributed by atoms with Gasteiger partial charge >= 0.3 is 5.97 Å². The van der Waals surface area contributed by atoms with E-state index >= 15 is 0 Å². The molecule has 1 atom stereocenters. The van der Waals surface area contributed by atoms with Gasteiger partial charge in [-0.3, -0.25) is 0 Å². The third-order valence-electron chi connectivity index (χ3n) is 0.927. The standard InChI is InChI=1S/C6H6O3/c7-6(8)3-1-2-5-4-9-5/h5H,2,4H2,(H,7,8). The molecular weight excluding hydrogens is 120 g/mol. The second-order valence-corrected chi connectivity index (χ2v) is 1.77. The van der Waals surface area contributed by atoms with E-state index in [9.17, 15) is 4.79 Å². The summed E-state index contributed by atoms with van der Waals surface area (Å²) in [5.74, 6) is 3.40. The molecule has 3 heteroatoms. The van der Waals surface area contributed by atoms with E-state index in [-0.39, 0.29) is 6.10 Å². The topological polar surface area (TPSA) is 49.8 Å². The van der Waals surface area contributed by atoms with Gasteiger partial charge in [-0.05, 0) is 0 Å². The average molecular weight is 126 g/mol. The Morgan fingerprint density at radius 2 is 2.56 bits per heavy atom. The molecule has 3 nitrogen and oxygen atoms in total. The summed E-state index contributed by atoms with van der Waals surface area (Å²) in [6.07, 6.45) is 0.753. The Balaban J connectivity index is 2.16. The van der Waals surface area contributed by atoms with Crippen LogP contribution < -0.4 is 0 Å². The molecular formula is C6H6O3. The van der Waals surface area contributed by atoms with Crippen LogP contribution in [0.15, 0.2) is 0 Å². The van der Waals surface area contributed by atoms with Gasteiger partial charge in [0.25, 0.3) is 0 Å². The normalized spacial score (nSPS) is 22.0. The van der Waals surface area contributed by atoms with Gasteiger partial charge in [-0.2, -0.15) is 0 Å². The summed E-state index contributed by atoms with van der Waals surface area (Å²) in [4.78, 5) is 9.79. The lowest BCUT2D eigenvalue weighted by Crippen LogP contribution is -1.87. The predicted octanol–water partition coefficient (Wildman–Crippen LogP) is -0.137. The number of hydrogen-bond donors (Lipinski definition) is 1. The minimum atomic E-state index is -1.07. The van der Waals surface area contributed by atoms with Crippen molar-refractivity contribution in [2.45, 2.75) is 12.5 Å². The molecule has 0 aromatic rings. The maximum Gasteiger partial charge on any atom is 0.381 e. The van der Waals surface area contributed by atoms with Crippen LogP contribution in [0.4, 0.5) is 0 Å². The van der Waals surface area contributed by atoms with Gasteiger partial charge in [-0.1, -0.05) is 5.92 Å². The molecule has 1 aliphatic heterocycles. The van der Waals surface area contributed by atoms with Crippen LogP contribution in [0.3, 0.4) is 0 Å². The van der Waals surface area contributed by atoms with Gasteiger partial charge in [0.15, 0.2) is 0 Å². The highest BCUT2D eigenvalue weighted by Gasteiger charge is 2.20. The SMILES string of the molecule is O=C(O)C#CCC1CO1. The molecule has 1 unspecified atom stereocenters. The summed E-state index contributed by atoms with van der Waals surface area (Å²) in [5, 5.41) is 8.03. The van der Waals surface area contributed by atoms with Crippen molar-refractivity contribution in [3.63, 3.8) is 0 Å². The van der Waals surface area contributed by atoms with E-state index in [1.807, 2.05) is 5.92 Å². The molecule has 0 aliphatic carbocycles. The van der Waals surface area contributed by atoms with Crippen LogP contribution in [0.2, 0.25) is 0 Å². The highest BCUT2D eigenvalue weighted by molar-refractivity contribution is 5.86. The molecule has 0 saturated carbocycles. The van der Waals surface area contributed by atoms with Gasteiger partial charge < -0.3 is 9.84 Å². The number of ether oxygens (including phenoxy) is 1. The number of aliphatic carboxylic acids is 1. The third-order valence-corrected chi connectivity index (χ3v) is 0.927. The van der Waals surface area contributed by atoms with Gasteiger partial charge in [0.1, 0.15) is 0 Å². The Labute approximate surface area is 52.6 Å². The summed E-state index contributed by atoms with van der Waals surface area (Å²) in [6.45, 7) is 0.730. The molecule has 0 aromatic carbocycles. The molecule has 1 heterocycles. The largest absolute Gasteiger partial charge is 0.472 e. The van der Waals surface area contributed by atoms with Gasteiger partial charge in [-0.25, -0.2) is 4.79 Å². The Morgan fingerprint density at radius 3 is 3.00 bits per heavy atom. The quantitative estimate of drug-likeness (QED) is 0.393. The molecule has 1 rings (SSSR count). The minimum Gasteiger partial charge on any atom is -0.472 e. The van der Waals surface area contributed by atoms with Crippen molar-refractivity contribution < 1.29 is 14.6 Å². The first-order valence-electron chi connectivity index (χ1n) is 2.62. The van der Waals surface area contributed by atoms with E-state index in [4.69, 9.17) is 9.84 Å². The Morgan fingerprint density at radius 1 is 1.89 bits per heavy atom. The number of hydrogen-bond acceptors (Lipinski definition) is 2. The van der Waals surface area contributed by atoms with Gasteiger partial charge in [-0.15, -0.1) is 0 Å². The van der Waals surface area contributed by atoms with Gasteiger partial charge in [0.05, 0.1) is 12.7 Å². The first-order valence-corrected chi connectivity index (χ1v) is 2.62. The maximum atomic E-state index is 9.79. The number of carboxylic acid groups (broad SMARTS) is 1. The van der Waals surface area contributed by atoms with Crippen molar-refractivity contribution in [2.24, 2.45) is 0 Å². The van der Waals surface area contributed by atoms with Crippen molar-refractivity contribution in [3.05, 3.63) is 0 Å². The molecule has 9 heavy (non-hydrogen) atoms. The number of epoxide rings is 1. The second kappa shape index (κ2) is 2.51. The van der Waals surface area contributed by atoms with Crippen molar-refractivity contribution in [2.75, 3.05) is 6.61 Å². The van der Waals surface area contributed by atoms with Crippen molar-refractivity contribution in [1.29, 1.82) is 0 Å². The maximum absolute atomic E-state index is 9.79. The van der Waals surface area contributed by atoms with Crippen LogP contribution in [0.25, 0.3) is 0 Å². The second-order valence-electron chi connectivity index (χ2n) is 1.77. The number of rotatable bonds is 1. The monoisotopic (exact) mass is 126 g/mol. The fourth-order valence-corrected chi connectivity index (χ4v) is 0.426. The Hall–Kier alpha value is -1.01. The van der Waals surface area contributed by atoms with Crippen LogP contribution in [0, 0.1) is 11.8 Å². The van der Waals surface area contributed by atoms with E-state index in [1.165, 1.54) is 0 Å². The van der Waals surface area contributed by atoms with Crippen LogP contribution in [0.5, 0.6) is 0 Å². The molecule has 0 radical (unpaired) electrons. The van der Waals surface area contributed by atoms with Gasteiger partial charge in [0, 0.05) is 12.3 Å². The molecule has 0 bridgehead atoms. The summed E-state index contributed by atoms with van der Waals surface area (Å²) >= 11 is 0. The third kappa shape index (κ3) is 2.73. The zero-order chi connectivity index (χ0) is 6.69. The van der Waals surface area contributed by atoms with E-state index in [0.717, 1.165) is 6.61 Å². The predicted molar refractivity (Wildman–Crippen MR) is 29.8 cm³/mol. The molecule has 1 fully saturated rings. The lowest BCUT2D eigenvalue weighted by molar-refractivity contribution is -0.130. The zero-order valence-corrected chi connectivity index (χ0v) is 4.76. The van der Waals surface area contributed by atoms with E-state index in [1.54, 1.807) is 0 Å². The highest BCUT2D eigenvalue weighted by Crippen LogP contribution is 2.11. The van der Waals surface area contributed by atoms with Crippen LogP contribution in [0.1, 0.15) is 6.42 Å². The highest BCUT2D eigenvalue weighted by atomic mass is 16.6. The summed E-state index contributed by atoms with van der Waals surface area (Å²) in [6, 6.07) is 0. The molecule has 1 N–H and O–H groups in total. The van der Waals surface area contributed by atoms with Crippen LogP contribution in [-0.2, 0) is 9.53 Å². The average Bonchev–Trinajstić information content (AvgIpc) is 2.48.